The molecule has 2 heterocycles. The Hall–Kier alpha value is -1.82. The summed E-state index contributed by atoms with van der Waals surface area (Å²) in [6.45, 7) is 0.552. The molecule has 0 amide bonds. The summed E-state index contributed by atoms with van der Waals surface area (Å²) in [5, 5.41) is 0.234. The number of hydrogen-bond donors (Lipinski definition) is 1. The molecule has 0 saturated carbocycles. The standard InChI is InChI=1S/C13H15ClN4O2/c1-17-10-9(11(19)16-13(17)20)18(12(14)15-10)7-8-5-3-2-4-6-8/h5H,2-4,6-7H2,1H3,(H,16,19,20). The van der Waals surface area contributed by atoms with Gasteiger partial charge in [0.05, 0.1) is 0 Å². The minimum Gasteiger partial charge on any atom is -0.305 e. The smallest absolute Gasteiger partial charge is 0.305 e. The molecule has 0 bridgehead atoms. The Balaban J connectivity index is 2.18. The van der Waals surface area contributed by atoms with Crippen LogP contribution in [0.3, 0.4) is 0 Å². The Morgan fingerprint density at radius 3 is 2.90 bits per heavy atom. The van der Waals surface area contributed by atoms with Gasteiger partial charge in [-0.3, -0.25) is 14.3 Å². The number of aromatic nitrogens is 4. The molecular formula is C13H15ClN4O2. The van der Waals surface area contributed by atoms with E-state index in [1.165, 1.54) is 16.6 Å². The van der Waals surface area contributed by atoms with E-state index < -0.39 is 11.2 Å². The van der Waals surface area contributed by atoms with E-state index in [1.54, 1.807) is 11.6 Å². The van der Waals surface area contributed by atoms with Gasteiger partial charge in [0, 0.05) is 13.6 Å². The van der Waals surface area contributed by atoms with Crippen molar-refractivity contribution in [3.63, 3.8) is 0 Å². The topological polar surface area (TPSA) is 72.7 Å². The monoisotopic (exact) mass is 294 g/mol. The maximum Gasteiger partial charge on any atom is 0.329 e. The second-order valence-electron chi connectivity index (χ2n) is 5.07. The molecule has 2 aromatic rings. The van der Waals surface area contributed by atoms with E-state index in [9.17, 15) is 9.59 Å². The van der Waals surface area contributed by atoms with Crippen molar-refractivity contribution in [1.82, 2.24) is 19.1 Å². The third-order valence-corrected chi connectivity index (χ3v) is 4.00. The summed E-state index contributed by atoms with van der Waals surface area (Å²) in [7, 11) is 1.56. The van der Waals surface area contributed by atoms with Crippen molar-refractivity contribution in [3.05, 3.63) is 37.8 Å². The van der Waals surface area contributed by atoms with Gasteiger partial charge in [-0.2, -0.15) is 4.98 Å². The Morgan fingerprint density at radius 1 is 1.40 bits per heavy atom. The zero-order chi connectivity index (χ0) is 14.3. The highest BCUT2D eigenvalue weighted by Gasteiger charge is 2.17. The van der Waals surface area contributed by atoms with Crippen LogP contribution in [-0.2, 0) is 13.6 Å². The van der Waals surface area contributed by atoms with Crippen LogP contribution in [0.4, 0.5) is 0 Å². The third kappa shape index (κ3) is 2.10. The van der Waals surface area contributed by atoms with Gasteiger partial charge >= 0.3 is 5.69 Å². The zero-order valence-electron chi connectivity index (χ0n) is 11.1. The predicted molar refractivity (Wildman–Crippen MR) is 77.2 cm³/mol. The third-order valence-electron chi connectivity index (χ3n) is 3.71. The largest absolute Gasteiger partial charge is 0.329 e. The molecule has 0 radical (unpaired) electrons. The summed E-state index contributed by atoms with van der Waals surface area (Å²) in [4.78, 5) is 30.0. The average molecular weight is 295 g/mol. The zero-order valence-corrected chi connectivity index (χ0v) is 11.9. The van der Waals surface area contributed by atoms with Crippen LogP contribution in [0.2, 0.25) is 5.28 Å². The number of rotatable bonds is 2. The second kappa shape index (κ2) is 4.94. The molecule has 106 valence electrons. The Labute approximate surface area is 119 Å². The number of aromatic amines is 1. The Morgan fingerprint density at radius 2 is 2.20 bits per heavy atom. The summed E-state index contributed by atoms with van der Waals surface area (Å²) in [5.41, 5.74) is 0.994. The molecule has 1 N–H and O–H groups in total. The highest BCUT2D eigenvalue weighted by Crippen LogP contribution is 2.22. The molecule has 6 nitrogen and oxygen atoms in total. The molecule has 0 aliphatic heterocycles. The van der Waals surface area contributed by atoms with Crippen molar-refractivity contribution in [2.45, 2.75) is 32.2 Å². The van der Waals surface area contributed by atoms with Gasteiger partial charge in [0.2, 0.25) is 5.28 Å². The molecule has 1 aliphatic rings. The fourth-order valence-electron chi connectivity index (χ4n) is 2.60. The second-order valence-corrected chi connectivity index (χ2v) is 5.40. The van der Waals surface area contributed by atoms with Gasteiger partial charge in [-0.25, -0.2) is 4.79 Å². The van der Waals surface area contributed by atoms with Crippen LogP contribution in [0, 0.1) is 0 Å². The first-order valence-electron chi connectivity index (χ1n) is 6.61. The molecule has 2 aromatic heterocycles. The summed E-state index contributed by atoms with van der Waals surface area (Å²) < 4.78 is 2.97. The fourth-order valence-corrected chi connectivity index (χ4v) is 2.83. The Kier molecular flexibility index (Phi) is 3.25. The Bertz CT molecular complexity index is 812. The van der Waals surface area contributed by atoms with E-state index in [1.807, 2.05) is 0 Å². The summed E-state index contributed by atoms with van der Waals surface area (Å²) in [6, 6.07) is 0. The fraction of sp³-hybridized carbons (Fsp3) is 0.462. The van der Waals surface area contributed by atoms with E-state index in [2.05, 4.69) is 16.0 Å². The maximum atomic E-state index is 12.0. The van der Waals surface area contributed by atoms with E-state index in [-0.39, 0.29) is 5.28 Å². The van der Waals surface area contributed by atoms with Crippen molar-refractivity contribution in [2.75, 3.05) is 0 Å². The molecule has 1 aliphatic carbocycles. The minimum atomic E-state index is -0.485. The molecule has 0 aromatic carbocycles. The van der Waals surface area contributed by atoms with Gasteiger partial charge < -0.3 is 4.57 Å². The van der Waals surface area contributed by atoms with Gasteiger partial charge in [-0.05, 0) is 37.3 Å². The lowest BCUT2D eigenvalue weighted by molar-refractivity contribution is 0.650. The number of allylic oxidation sites excluding steroid dienone is 2. The molecule has 20 heavy (non-hydrogen) atoms. The van der Waals surface area contributed by atoms with Gasteiger partial charge in [0.1, 0.15) is 0 Å². The highest BCUT2D eigenvalue weighted by atomic mass is 35.5. The lowest BCUT2D eigenvalue weighted by Crippen LogP contribution is -2.29. The highest BCUT2D eigenvalue weighted by molar-refractivity contribution is 6.29. The first kappa shape index (κ1) is 13.2. The van der Waals surface area contributed by atoms with Crippen molar-refractivity contribution in [2.24, 2.45) is 7.05 Å². The van der Waals surface area contributed by atoms with Gasteiger partial charge in [0.15, 0.2) is 11.2 Å². The number of nitrogens with one attached hydrogen (secondary N) is 1. The van der Waals surface area contributed by atoms with E-state index >= 15 is 0 Å². The van der Waals surface area contributed by atoms with Crippen LogP contribution < -0.4 is 11.2 Å². The minimum absolute atomic E-state index is 0.234. The van der Waals surface area contributed by atoms with Crippen LogP contribution in [0.1, 0.15) is 25.7 Å². The van der Waals surface area contributed by atoms with Crippen LogP contribution >= 0.6 is 11.6 Å². The number of aryl methyl sites for hydroxylation is 1. The van der Waals surface area contributed by atoms with Crippen LogP contribution in [0.25, 0.3) is 11.2 Å². The average Bonchev–Trinajstić information content (AvgIpc) is 2.75. The normalized spacial score (nSPS) is 15.6. The molecule has 0 unspecified atom stereocenters. The van der Waals surface area contributed by atoms with Crippen molar-refractivity contribution >= 4 is 22.8 Å². The van der Waals surface area contributed by atoms with Crippen molar-refractivity contribution < 1.29 is 0 Å². The molecular weight excluding hydrogens is 280 g/mol. The number of nitrogens with zero attached hydrogens (tertiary/aromatic N) is 3. The summed E-state index contributed by atoms with van der Waals surface area (Å²) in [5.74, 6) is 0. The number of hydrogen-bond acceptors (Lipinski definition) is 3. The molecule has 0 spiro atoms. The SMILES string of the molecule is Cn1c(=O)[nH]c(=O)c2c1nc(Cl)n2CC1=CCCCC1. The number of H-pyrrole nitrogens is 1. The quantitative estimate of drug-likeness (QED) is 0.675. The van der Waals surface area contributed by atoms with E-state index in [4.69, 9.17) is 11.6 Å². The number of fused-ring (bicyclic) bond motifs is 1. The lowest BCUT2D eigenvalue weighted by atomic mass is 10.00. The van der Waals surface area contributed by atoms with Crippen LogP contribution in [0.15, 0.2) is 21.2 Å². The number of imidazole rings is 1. The van der Waals surface area contributed by atoms with Crippen LogP contribution in [0.5, 0.6) is 0 Å². The van der Waals surface area contributed by atoms with Gasteiger partial charge in [-0.1, -0.05) is 11.6 Å². The molecule has 0 fully saturated rings. The lowest BCUT2D eigenvalue weighted by Gasteiger charge is -2.14. The van der Waals surface area contributed by atoms with Crippen molar-refractivity contribution in [1.29, 1.82) is 0 Å². The van der Waals surface area contributed by atoms with Crippen molar-refractivity contribution in [3.8, 4) is 0 Å². The summed E-state index contributed by atoms with van der Waals surface area (Å²) in [6.07, 6.45) is 6.64. The first-order valence-corrected chi connectivity index (χ1v) is 6.98. The number of halogens is 1. The molecule has 7 heteroatoms. The molecule has 0 saturated heterocycles. The molecule has 3 rings (SSSR count). The first-order chi connectivity index (χ1) is 9.58. The van der Waals surface area contributed by atoms with Gasteiger partial charge in [0.25, 0.3) is 5.56 Å². The van der Waals surface area contributed by atoms with E-state index in [0.29, 0.717) is 17.7 Å². The van der Waals surface area contributed by atoms with Gasteiger partial charge in [-0.15, -0.1) is 0 Å². The molecule has 0 atom stereocenters. The predicted octanol–water partition coefficient (Wildman–Crippen LogP) is 1.58. The van der Waals surface area contributed by atoms with Crippen LogP contribution in [-0.4, -0.2) is 19.1 Å². The summed E-state index contributed by atoms with van der Waals surface area (Å²) >= 11 is 6.14. The van der Waals surface area contributed by atoms with E-state index in [0.717, 1.165) is 19.3 Å². The maximum absolute atomic E-state index is 12.0.